The third-order valence-electron chi connectivity index (χ3n) is 4.26. The van der Waals surface area contributed by atoms with E-state index in [1.165, 1.54) is 28.6 Å². The monoisotopic (exact) mass is 342 g/mol. The van der Waals surface area contributed by atoms with Crippen molar-refractivity contribution in [2.24, 2.45) is 0 Å². The van der Waals surface area contributed by atoms with Gasteiger partial charge in [-0.15, -0.1) is 11.3 Å². The van der Waals surface area contributed by atoms with Gasteiger partial charge < -0.3 is 4.90 Å². The van der Waals surface area contributed by atoms with Gasteiger partial charge >= 0.3 is 0 Å². The smallest absolute Gasteiger partial charge is 0.270 e. The van der Waals surface area contributed by atoms with E-state index < -0.39 is 4.92 Å². The van der Waals surface area contributed by atoms with Crippen molar-refractivity contribution in [2.45, 2.75) is 25.8 Å². The van der Waals surface area contributed by atoms with Crippen LogP contribution in [0.1, 0.15) is 35.4 Å². The zero-order valence-electron chi connectivity index (χ0n) is 13.3. The van der Waals surface area contributed by atoms with Gasteiger partial charge in [0.15, 0.2) is 0 Å². The highest BCUT2D eigenvalue weighted by atomic mass is 32.1. The van der Waals surface area contributed by atoms with Gasteiger partial charge in [-0.2, -0.15) is 0 Å². The molecule has 2 aromatic rings. The number of benzene rings is 1. The number of thiophene rings is 1. The Morgan fingerprint density at radius 2 is 2.29 bits per heavy atom. The molecule has 1 amide bonds. The van der Waals surface area contributed by atoms with Crippen LogP contribution in [0.5, 0.6) is 0 Å². The normalized spacial score (nSPS) is 17.0. The number of hydrogen-bond acceptors (Lipinski definition) is 4. The van der Waals surface area contributed by atoms with Crippen molar-refractivity contribution < 1.29 is 9.72 Å². The maximum atomic E-state index is 12.6. The molecule has 0 radical (unpaired) electrons. The first-order valence-corrected chi connectivity index (χ1v) is 8.77. The van der Waals surface area contributed by atoms with E-state index in [4.69, 9.17) is 0 Å². The highest BCUT2D eigenvalue weighted by Gasteiger charge is 2.29. The molecule has 1 aliphatic heterocycles. The molecule has 1 aliphatic rings. The topological polar surface area (TPSA) is 63.5 Å². The number of non-ortho nitro benzene ring substituents is 1. The van der Waals surface area contributed by atoms with Crippen LogP contribution >= 0.6 is 11.3 Å². The van der Waals surface area contributed by atoms with Crippen molar-refractivity contribution in [2.75, 3.05) is 6.54 Å². The van der Waals surface area contributed by atoms with Gasteiger partial charge in [0.25, 0.3) is 5.69 Å². The minimum atomic E-state index is -0.436. The predicted molar refractivity (Wildman–Crippen MR) is 94.9 cm³/mol. The largest absolute Gasteiger partial charge is 0.332 e. The molecule has 6 heteroatoms. The van der Waals surface area contributed by atoms with Crippen LogP contribution < -0.4 is 0 Å². The van der Waals surface area contributed by atoms with Gasteiger partial charge in [0.1, 0.15) is 0 Å². The lowest BCUT2D eigenvalue weighted by molar-refractivity contribution is -0.384. The van der Waals surface area contributed by atoms with Crippen molar-refractivity contribution in [3.05, 3.63) is 67.9 Å². The van der Waals surface area contributed by atoms with Gasteiger partial charge in [0.05, 0.1) is 11.0 Å². The van der Waals surface area contributed by atoms with E-state index in [0.717, 1.165) is 12.8 Å². The lowest BCUT2D eigenvalue weighted by atomic mass is 9.97. The van der Waals surface area contributed by atoms with E-state index in [2.05, 4.69) is 18.4 Å². The Morgan fingerprint density at radius 3 is 3.04 bits per heavy atom. The lowest BCUT2D eigenvalue weighted by Gasteiger charge is -2.34. The molecule has 0 fully saturated rings. The molecule has 2 heterocycles. The van der Waals surface area contributed by atoms with Gasteiger partial charge in [-0.05, 0) is 41.5 Å². The maximum absolute atomic E-state index is 12.6. The quantitative estimate of drug-likeness (QED) is 0.475. The second-order valence-corrected chi connectivity index (χ2v) is 6.69. The zero-order valence-corrected chi connectivity index (χ0v) is 14.2. The fourth-order valence-electron chi connectivity index (χ4n) is 3.11. The average molecular weight is 342 g/mol. The summed E-state index contributed by atoms with van der Waals surface area (Å²) in [5.41, 5.74) is 1.93. The highest BCUT2D eigenvalue weighted by molar-refractivity contribution is 7.10. The van der Waals surface area contributed by atoms with Crippen LogP contribution in [0.3, 0.4) is 0 Å². The molecule has 0 saturated heterocycles. The van der Waals surface area contributed by atoms with Crippen molar-refractivity contribution in [1.29, 1.82) is 0 Å². The van der Waals surface area contributed by atoms with Gasteiger partial charge in [-0.1, -0.05) is 19.1 Å². The van der Waals surface area contributed by atoms with E-state index in [1.807, 2.05) is 4.90 Å². The Morgan fingerprint density at radius 1 is 1.46 bits per heavy atom. The summed E-state index contributed by atoms with van der Waals surface area (Å²) in [6.45, 7) is 2.80. The molecule has 124 valence electrons. The van der Waals surface area contributed by atoms with Gasteiger partial charge in [-0.25, -0.2) is 0 Å². The summed E-state index contributed by atoms with van der Waals surface area (Å²) in [7, 11) is 0. The number of nitro benzene ring substituents is 1. The van der Waals surface area contributed by atoms with E-state index >= 15 is 0 Å². The third kappa shape index (κ3) is 3.23. The van der Waals surface area contributed by atoms with Crippen LogP contribution in [0.15, 0.2) is 41.8 Å². The average Bonchev–Trinajstić information content (AvgIpc) is 3.07. The SMILES string of the molecule is CCC1c2ccsc2CCN1C(=O)/C=C/c1cccc([N+](=O)[O-])c1. The van der Waals surface area contributed by atoms with Gasteiger partial charge in [0, 0.05) is 29.6 Å². The number of hydrogen-bond donors (Lipinski definition) is 0. The Bertz CT molecular complexity index is 797. The molecule has 3 rings (SSSR count). The second kappa shape index (κ2) is 6.97. The van der Waals surface area contributed by atoms with Crippen molar-refractivity contribution in [1.82, 2.24) is 4.90 Å². The Kier molecular flexibility index (Phi) is 4.76. The number of nitro groups is 1. The van der Waals surface area contributed by atoms with Crippen LogP contribution in [0.25, 0.3) is 6.08 Å². The Labute approximate surface area is 144 Å². The van der Waals surface area contributed by atoms with Crippen LogP contribution in [0.2, 0.25) is 0 Å². The minimum Gasteiger partial charge on any atom is -0.332 e. The molecule has 24 heavy (non-hydrogen) atoms. The predicted octanol–water partition coefficient (Wildman–Crippen LogP) is 4.21. The lowest BCUT2D eigenvalue weighted by Crippen LogP contribution is -2.38. The summed E-state index contributed by atoms with van der Waals surface area (Å²) >= 11 is 1.75. The number of nitrogens with zero attached hydrogens (tertiary/aromatic N) is 2. The molecular formula is C18H18N2O3S. The van der Waals surface area contributed by atoms with Crippen molar-refractivity contribution in [3.8, 4) is 0 Å². The molecule has 1 aromatic heterocycles. The third-order valence-corrected chi connectivity index (χ3v) is 5.26. The first-order valence-electron chi connectivity index (χ1n) is 7.89. The summed E-state index contributed by atoms with van der Waals surface area (Å²) in [4.78, 5) is 26.2. The fraction of sp³-hybridized carbons (Fsp3) is 0.278. The molecule has 0 aliphatic carbocycles. The van der Waals surface area contributed by atoms with Crippen molar-refractivity contribution in [3.63, 3.8) is 0 Å². The molecule has 0 saturated carbocycles. The minimum absolute atomic E-state index is 0.0249. The molecule has 1 aromatic carbocycles. The first kappa shape index (κ1) is 16.4. The molecule has 1 atom stereocenters. The summed E-state index contributed by atoms with van der Waals surface area (Å²) in [6.07, 6.45) is 4.92. The molecule has 5 nitrogen and oxygen atoms in total. The van der Waals surface area contributed by atoms with Gasteiger partial charge in [0.2, 0.25) is 5.91 Å². The van der Waals surface area contributed by atoms with E-state index in [0.29, 0.717) is 12.1 Å². The molecule has 1 unspecified atom stereocenters. The number of amides is 1. The second-order valence-electron chi connectivity index (χ2n) is 5.69. The van der Waals surface area contributed by atoms with E-state index in [-0.39, 0.29) is 17.6 Å². The number of rotatable bonds is 4. The number of carbonyl (C=O) groups is 1. The number of fused-ring (bicyclic) bond motifs is 1. The zero-order chi connectivity index (χ0) is 17.1. The Balaban J connectivity index is 1.77. The number of carbonyl (C=O) groups excluding carboxylic acids is 1. The van der Waals surface area contributed by atoms with E-state index in [1.54, 1.807) is 29.5 Å². The molecule has 0 bridgehead atoms. The van der Waals surface area contributed by atoms with Crippen LogP contribution in [-0.4, -0.2) is 22.3 Å². The summed E-state index contributed by atoms with van der Waals surface area (Å²) in [6, 6.07) is 8.50. The van der Waals surface area contributed by atoms with Crippen LogP contribution in [-0.2, 0) is 11.2 Å². The van der Waals surface area contributed by atoms with Crippen LogP contribution in [0, 0.1) is 10.1 Å². The maximum Gasteiger partial charge on any atom is 0.270 e. The fourth-order valence-corrected chi connectivity index (χ4v) is 4.03. The summed E-state index contributed by atoms with van der Waals surface area (Å²) in [5, 5.41) is 12.9. The van der Waals surface area contributed by atoms with Crippen LogP contribution in [0.4, 0.5) is 5.69 Å². The highest BCUT2D eigenvalue weighted by Crippen LogP contribution is 2.35. The first-order chi connectivity index (χ1) is 11.6. The van der Waals surface area contributed by atoms with E-state index in [9.17, 15) is 14.9 Å². The van der Waals surface area contributed by atoms with Crippen molar-refractivity contribution >= 4 is 29.0 Å². The summed E-state index contributed by atoms with van der Waals surface area (Å²) < 4.78 is 0. The molecular weight excluding hydrogens is 324 g/mol. The molecule has 0 N–H and O–H groups in total. The Hall–Kier alpha value is -2.47. The molecule has 0 spiro atoms. The standard InChI is InChI=1S/C18H18N2O3S/c1-2-16-15-9-11-24-17(15)8-10-19(16)18(21)7-6-13-4-3-5-14(12-13)20(22)23/h3-7,9,11-12,16H,2,8,10H2,1H3/b7-6+. The summed E-state index contributed by atoms with van der Waals surface area (Å²) in [5.74, 6) is -0.0507. The van der Waals surface area contributed by atoms with Gasteiger partial charge in [-0.3, -0.25) is 14.9 Å².